The van der Waals surface area contributed by atoms with Crippen molar-refractivity contribution in [3.05, 3.63) is 0 Å². The molecule has 0 saturated heterocycles. The third kappa shape index (κ3) is 2.34. The number of hydrogen-bond acceptors (Lipinski definition) is 2. The van der Waals surface area contributed by atoms with Gasteiger partial charge in [-0.25, -0.2) is 0 Å². The second kappa shape index (κ2) is 4.83. The van der Waals surface area contributed by atoms with Crippen LogP contribution in [0.25, 0.3) is 0 Å². The molecular weight excluding hydrogens is 248 g/mol. The zero-order chi connectivity index (χ0) is 14.5. The summed E-state index contributed by atoms with van der Waals surface area (Å²) in [5, 5.41) is 10.5. The number of Topliss-reactive ketones (excluding diaryl/α,β-unsaturated/α-hetero) is 1. The lowest BCUT2D eigenvalue weighted by Crippen LogP contribution is -2.50. The van der Waals surface area contributed by atoms with Gasteiger partial charge < -0.3 is 5.11 Å². The number of hydrogen-bond donors (Lipinski definition) is 1. The van der Waals surface area contributed by atoms with Crippen molar-refractivity contribution in [2.24, 2.45) is 29.1 Å². The van der Waals surface area contributed by atoms with Gasteiger partial charge in [0, 0.05) is 12.8 Å². The van der Waals surface area contributed by atoms with E-state index in [0.29, 0.717) is 11.7 Å². The van der Waals surface area contributed by atoms with Crippen LogP contribution in [0.1, 0.15) is 72.1 Å². The highest BCUT2D eigenvalue weighted by Crippen LogP contribution is 2.57. The number of fused-ring (bicyclic) bond motifs is 3. The van der Waals surface area contributed by atoms with Gasteiger partial charge in [-0.15, -0.1) is 0 Å². The average molecular weight is 278 g/mol. The number of rotatable bonds is 1. The van der Waals surface area contributed by atoms with E-state index in [-0.39, 0.29) is 5.41 Å². The molecule has 3 aliphatic carbocycles. The van der Waals surface area contributed by atoms with Crippen LogP contribution in [0, 0.1) is 29.1 Å². The van der Waals surface area contributed by atoms with E-state index >= 15 is 0 Å². The Labute approximate surface area is 123 Å². The molecular formula is C18H30O2. The van der Waals surface area contributed by atoms with E-state index in [9.17, 15) is 9.90 Å². The van der Waals surface area contributed by atoms with Gasteiger partial charge in [0.2, 0.25) is 0 Å². The largest absolute Gasteiger partial charge is 0.390 e. The molecule has 0 heterocycles. The second-order valence-electron chi connectivity index (χ2n) is 8.57. The minimum Gasteiger partial charge on any atom is -0.390 e. The van der Waals surface area contributed by atoms with Crippen LogP contribution >= 0.6 is 0 Å². The van der Waals surface area contributed by atoms with Gasteiger partial charge in [-0.05, 0) is 81.5 Å². The van der Waals surface area contributed by atoms with Crippen molar-refractivity contribution in [1.82, 2.24) is 0 Å². The molecule has 3 aliphatic rings. The monoisotopic (exact) mass is 278 g/mol. The van der Waals surface area contributed by atoms with Gasteiger partial charge in [0.25, 0.3) is 0 Å². The van der Waals surface area contributed by atoms with Gasteiger partial charge in [0.05, 0.1) is 5.60 Å². The van der Waals surface area contributed by atoms with Gasteiger partial charge in [-0.3, -0.25) is 4.79 Å². The standard InChI is InChI=1S/C18H30O2/c1-17(2,20)18(3)9-8-16-13(11-18)5-4-12-10-14(19)6-7-15(12)16/h12-13,15-16,20H,4-11H2,1-3H3. The van der Waals surface area contributed by atoms with Gasteiger partial charge in [0.1, 0.15) is 5.78 Å². The Bertz CT molecular complexity index is 395. The van der Waals surface area contributed by atoms with E-state index in [1.54, 1.807) is 0 Å². The highest BCUT2D eigenvalue weighted by molar-refractivity contribution is 5.79. The van der Waals surface area contributed by atoms with Crippen LogP contribution in [0.3, 0.4) is 0 Å². The molecule has 0 amide bonds. The molecule has 0 aromatic carbocycles. The first-order chi connectivity index (χ1) is 9.30. The maximum atomic E-state index is 11.7. The summed E-state index contributed by atoms with van der Waals surface area (Å²) in [6.07, 6.45) is 8.95. The van der Waals surface area contributed by atoms with Crippen molar-refractivity contribution in [3.63, 3.8) is 0 Å². The zero-order valence-electron chi connectivity index (χ0n) is 13.3. The van der Waals surface area contributed by atoms with Crippen LogP contribution in [0.15, 0.2) is 0 Å². The molecule has 3 fully saturated rings. The quantitative estimate of drug-likeness (QED) is 0.788. The van der Waals surface area contributed by atoms with Crippen molar-refractivity contribution in [3.8, 4) is 0 Å². The fourth-order valence-corrected chi connectivity index (χ4v) is 5.41. The zero-order valence-corrected chi connectivity index (χ0v) is 13.3. The number of carbonyl (C=O) groups is 1. The van der Waals surface area contributed by atoms with Crippen LogP contribution in [0.4, 0.5) is 0 Å². The van der Waals surface area contributed by atoms with Crippen LogP contribution in [0.2, 0.25) is 0 Å². The molecule has 0 aliphatic heterocycles. The fraction of sp³-hybridized carbons (Fsp3) is 0.944. The maximum absolute atomic E-state index is 11.7. The molecule has 1 N–H and O–H groups in total. The summed E-state index contributed by atoms with van der Waals surface area (Å²) in [6.45, 7) is 6.25. The van der Waals surface area contributed by atoms with Crippen molar-refractivity contribution in [2.45, 2.75) is 77.7 Å². The second-order valence-corrected chi connectivity index (χ2v) is 8.57. The molecule has 0 bridgehead atoms. The van der Waals surface area contributed by atoms with Gasteiger partial charge in [-0.1, -0.05) is 6.92 Å². The molecule has 5 atom stereocenters. The van der Waals surface area contributed by atoms with Crippen molar-refractivity contribution in [1.29, 1.82) is 0 Å². The normalized spacial score (nSPS) is 45.7. The SMILES string of the molecule is CC(C)(O)C1(C)CCC2C(CCC3CC(=O)CCC32)C1. The van der Waals surface area contributed by atoms with Gasteiger partial charge in [-0.2, -0.15) is 0 Å². The topological polar surface area (TPSA) is 37.3 Å². The fourth-order valence-electron chi connectivity index (χ4n) is 5.41. The lowest BCUT2D eigenvalue weighted by Gasteiger charge is -2.54. The average Bonchev–Trinajstić information content (AvgIpc) is 2.36. The first-order valence-electron chi connectivity index (χ1n) is 8.54. The third-order valence-electron chi connectivity index (χ3n) is 7.13. The summed E-state index contributed by atoms with van der Waals surface area (Å²) in [5.41, 5.74) is -0.497. The molecule has 5 unspecified atom stereocenters. The molecule has 2 nitrogen and oxygen atoms in total. The van der Waals surface area contributed by atoms with Crippen molar-refractivity contribution < 1.29 is 9.90 Å². The Morgan fingerprint density at radius 2 is 1.75 bits per heavy atom. The van der Waals surface area contributed by atoms with Crippen molar-refractivity contribution in [2.75, 3.05) is 0 Å². The summed E-state index contributed by atoms with van der Waals surface area (Å²) in [6, 6.07) is 0. The first-order valence-corrected chi connectivity index (χ1v) is 8.54. The number of ketones is 1. The lowest BCUT2D eigenvalue weighted by molar-refractivity contribution is -0.129. The smallest absolute Gasteiger partial charge is 0.133 e. The molecule has 0 radical (unpaired) electrons. The van der Waals surface area contributed by atoms with E-state index in [1.165, 1.54) is 25.7 Å². The minimum atomic E-state index is -0.572. The summed E-state index contributed by atoms with van der Waals surface area (Å²) in [5.74, 6) is 3.61. The van der Waals surface area contributed by atoms with E-state index in [4.69, 9.17) is 0 Å². The number of aliphatic hydroxyl groups is 1. The third-order valence-corrected chi connectivity index (χ3v) is 7.13. The molecule has 20 heavy (non-hydrogen) atoms. The Morgan fingerprint density at radius 3 is 2.45 bits per heavy atom. The Morgan fingerprint density at radius 1 is 1.10 bits per heavy atom. The Hall–Kier alpha value is -0.370. The highest BCUT2D eigenvalue weighted by atomic mass is 16.3. The van der Waals surface area contributed by atoms with Crippen molar-refractivity contribution >= 4 is 5.78 Å². The summed E-state index contributed by atoms with van der Waals surface area (Å²) < 4.78 is 0. The van der Waals surface area contributed by atoms with Crippen LogP contribution in [-0.4, -0.2) is 16.5 Å². The van der Waals surface area contributed by atoms with E-state index in [2.05, 4.69) is 6.92 Å². The van der Waals surface area contributed by atoms with E-state index < -0.39 is 5.60 Å². The first kappa shape index (κ1) is 14.6. The predicted octanol–water partition coefficient (Wildman–Crippen LogP) is 3.96. The van der Waals surface area contributed by atoms with Crippen LogP contribution in [0.5, 0.6) is 0 Å². The molecule has 3 rings (SSSR count). The Balaban J connectivity index is 1.74. The summed E-state index contributed by atoms with van der Waals surface area (Å²) in [7, 11) is 0. The molecule has 3 saturated carbocycles. The van der Waals surface area contributed by atoms with E-state index in [0.717, 1.165) is 43.4 Å². The van der Waals surface area contributed by atoms with Crippen LogP contribution < -0.4 is 0 Å². The Kier molecular flexibility index (Phi) is 3.52. The van der Waals surface area contributed by atoms with E-state index in [1.807, 2.05) is 13.8 Å². The summed E-state index contributed by atoms with van der Waals surface area (Å²) >= 11 is 0. The van der Waals surface area contributed by atoms with Gasteiger partial charge >= 0.3 is 0 Å². The molecule has 0 spiro atoms. The van der Waals surface area contributed by atoms with Crippen LogP contribution in [-0.2, 0) is 4.79 Å². The summed E-state index contributed by atoms with van der Waals surface area (Å²) in [4.78, 5) is 11.7. The highest BCUT2D eigenvalue weighted by Gasteiger charge is 2.50. The molecule has 2 heteroatoms. The van der Waals surface area contributed by atoms with Gasteiger partial charge in [0.15, 0.2) is 0 Å². The lowest BCUT2D eigenvalue weighted by atomic mass is 9.51. The molecule has 114 valence electrons. The minimum absolute atomic E-state index is 0.0749. The maximum Gasteiger partial charge on any atom is 0.133 e. The number of carbonyl (C=O) groups excluding carboxylic acids is 1. The molecule has 0 aromatic rings. The predicted molar refractivity (Wildman–Crippen MR) is 80.3 cm³/mol. The molecule has 0 aromatic heterocycles.